The lowest BCUT2D eigenvalue weighted by molar-refractivity contribution is -0.133. The van der Waals surface area contributed by atoms with Gasteiger partial charge in [-0.1, -0.05) is 19.9 Å². The number of carbonyl (C=O) groups excluding carboxylic acids is 1. The molecule has 2 aromatic heterocycles. The minimum Gasteiger partial charge on any atom is -0.343 e. The molecule has 3 aromatic rings. The number of halogens is 1. The molecule has 0 saturated carbocycles. The Balaban J connectivity index is 1.58. The van der Waals surface area contributed by atoms with Crippen LogP contribution in [0, 0.1) is 11.7 Å². The lowest BCUT2D eigenvalue weighted by Crippen LogP contribution is -2.38. The van der Waals surface area contributed by atoms with E-state index in [-0.39, 0.29) is 17.6 Å². The average molecular weight is 434 g/mol. The Kier molecular flexibility index (Phi) is 6.73. The number of aromatic nitrogens is 3. The number of rotatable bonds is 6. The zero-order valence-corrected chi connectivity index (χ0v) is 18.5. The molecule has 1 fully saturated rings. The van der Waals surface area contributed by atoms with Crippen molar-refractivity contribution in [3.63, 3.8) is 0 Å². The van der Waals surface area contributed by atoms with Gasteiger partial charge in [0.15, 0.2) is 0 Å². The number of likely N-dealkylation sites (tertiary alicyclic amines) is 1. The second-order valence-corrected chi connectivity index (χ2v) is 8.63. The van der Waals surface area contributed by atoms with Gasteiger partial charge in [0.2, 0.25) is 5.91 Å². The largest absolute Gasteiger partial charge is 0.343 e. The van der Waals surface area contributed by atoms with Crippen LogP contribution in [-0.4, -0.2) is 38.8 Å². The molecule has 7 heteroatoms. The molecule has 1 aliphatic rings. The first-order valence-electron chi connectivity index (χ1n) is 11.1. The minimum atomic E-state index is -0.310. The summed E-state index contributed by atoms with van der Waals surface area (Å²) in [6, 6.07) is 12.0. The predicted octanol–water partition coefficient (Wildman–Crippen LogP) is 5.17. The van der Waals surface area contributed by atoms with Gasteiger partial charge in [0.05, 0.1) is 5.69 Å². The molecule has 166 valence electrons. The molecular formula is C25H28FN5O. The first kappa shape index (κ1) is 21.9. The van der Waals surface area contributed by atoms with Crippen LogP contribution in [0.25, 0.3) is 11.3 Å². The SMILES string of the molecule is CC(C)CC(=O)N1CCC(c2nc(Nc3cccc(F)c3)cc(-c3cccnc3)n2)CC1. The topological polar surface area (TPSA) is 71.0 Å². The van der Waals surface area contributed by atoms with Crippen LogP contribution in [0.3, 0.4) is 0 Å². The van der Waals surface area contributed by atoms with Gasteiger partial charge in [-0.15, -0.1) is 0 Å². The highest BCUT2D eigenvalue weighted by atomic mass is 19.1. The maximum Gasteiger partial charge on any atom is 0.222 e. The van der Waals surface area contributed by atoms with Gasteiger partial charge in [-0.3, -0.25) is 9.78 Å². The number of carbonyl (C=O) groups is 1. The molecule has 4 rings (SSSR count). The number of amides is 1. The van der Waals surface area contributed by atoms with Gasteiger partial charge in [-0.2, -0.15) is 0 Å². The molecule has 3 heterocycles. The average Bonchev–Trinajstić information content (AvgIpc) is 2.79. The number of piperidine rings is 1. The lowest BCUT2D eigenvalue weighted by atomic mass is 9.95. The third-order valence-electron chi connectivity index (χ3n) is 5.59. The summed E-state index contributed by atoms with van der Waals surface area (Å²) in [6.07, 6.45) is 5.71. The summed E-state index contributed by atoms with van der Waals surface area (Å²) in [6.45, 7) is 5.55. The summed E-state index contributed by atoms with van der Waals surface area (Å²) < 4.78 is 13.7. The van der Waals surface area contributed by atoms with Gasteiger partial charge < -0.3 is 10.2 Å². The Morgan fingerprint density at radius 3 is 2.66 bits per heavy atom. The van der Waals surface area contributed by atoms with Gasteiger partial charge in [0, 0.05) is 55.1 Å². The molecule has 0 unspecified atom stereocenters. The Morgan fingerprint density at radius 2 is 1.97 bits per heavy atom. The fourth-order valence-corrected chi connectivity index (χ4v) is 3.95. The van der Waals surface area contributed by atoms with Crippen LogP contribution in [0.15, 0.2) is 54.9 Å². The number of hydrogen-bond donors (Lipinski definition) is 1. The normalized spacial score (nSPS) is 14.6. The molecular weight excluding hydrogens is 405 g/mol. The van der Waals surface area contributed by atoms with Crippen molar-refractivity contribution in [1.82, 2.24) is 19.9 Å². The summed E-state index contributed by atoms with van der Waals surface area (Å²) in [5, 5.41) is 3.21. The van der Waals surface area contributed by atoms with E-state index in [4.69, 9.17) is 9.97 Å². The van der Waals surface area contributed by atoms with Crippen molar-refractivity contribution in [2.75, 3.05) is 18.4 Å². The van der Waals surface area contributed by atoms with Crippen molar-refractivity contribution in [3.05, 3.63) is 66.5 Å². The van der Waals surface area contributed by atoms with Gasteiger partial charge in [0.1, 0.15) is 17.5 Å². The first-order valence-corrected chi connectivity index (χ1v) is 11.1. The zero-order valence-electron chi connectivity index (χ0n) is 18.5. The fraction of sp³-hybridized carbons (Fsp3) is 0.360. The summed E-state index contributed by atoms with van der Waals surface area (Å²) >= 11 is 0. The summed E-state index contributed by atoms with van der Waals surface area (Å²) in [5.74, 6) is 1.77. The summed E-state index contributed by atoms with van der Waals surface area (Å²) in [4.78, 5) is 28.2. The summed E-state index contributed by atoms with van der Waals surface area (Å²) in [5.41, 5.74) is 2.28. The highest BCUT2D eigenvalue weighted by molar-refractivity contribution is 5.76. The van der Waals surface area contributed by atoms with Crippen LogP contribution in [0.2, 0.25) is 0 Å². The van der Waals surface area contributed by atoms with Crippen LogP contribution in [-0.2, 0) is 4.79 Å². The van der Waals surface area contributed by atoms with Crippen LogP contribution in [0.4, 0.5) is 15.9 Å². The number of anilines is 2. The molecule has 1 amide bonds. The standard InChI is InChI=1S/C25H28FN5O/c1-17(2)13-24(32)31-11-8-18(9-12-31)25-29-22(19-5-4-10-27-16-19)15-23(30-25)28-21-7-3-6-20(26)14-21/h3-7,10,14-18H,8-9,11-13H2,1-2H3,(H,28,29,30). The van der Waals surface area contributed by atoms with E-state index >= 15 is 0 Å². The maximum atomic E-state index is 13.7. The number of benzene rings is 1. The molecule has 0 aliphatic carbocycles. The quantitative estimate of drug-likeness (QED) is 0.580. The number of nitrogens with zero attached hydrogens (tertiary/aromatic N) is 4. The van der Waals surface area contributed by atoms with Gasteiger partial charge in [-0.25, -0.2) is 14.4 Å². The number of pyridine rings is 1. The number of hydrogen-bond acceptors (Lipinski definition) is 5. The van der Waals surface area contributed by atoms with E-state index in [0.717, 1.165) is 29.9 Å². The second kappa shape index (κ2) is 9.85. The van der Waals surface area contributed by atoms with E-state index in [1.54, 1.807) is 24.5 Å². The summed E-state index contributed by atoms with van der Waals surface area (Å²) in [7, 11) is 0. The molecule has 0 bridgehead atoms. The van der Waals surface area contributed by atoms with Gasteiger partial charge in [-0.05, 0) is 49.1 Å². The van der Waals surface area contributed by atoms with Crippen LogP contribution in [0.5, 0.6) is 0 Å². The highest BCUT2D eigenvalue weighted by Crippen LogP contribution is 2.30. The lowest BCUT2D eigenvalue weighted by Gasteiger charge is -2.32. The Bertz CT molecular complexity index is 1060. The molecule has 1 aliphatic heterocycles. The Hall–Kier alpha value is -3.35. The molecule has 1 aromatic carbocycles. The van der Waals surface area contributed by atoms with E-state index in [9.17, 15) is 9.18 Å². The molecule has 32 heavy (non-hydrogen) atoms. The first-order chi connectivity index (χ1) is 15.5. The third-order valence-corrected chi connectivity index (χ3v) is 5.59. The Labute approximate surface area is 187 Å². The van der Waals surface area contributed by atoms with Crippen molar-refractivity contribution in [3.8, 4) is 11.3 Å². The van der Waals surface area contributed by atoms with Crippen molar-refractivity contribution in [2.45, 2.75) is 39.0 Å². The molecule has 0 spiro atoms. The number of nitrogens with one attached hydrogen (secondary N) is 1. The van der Waals surface area contributed by atoms with E-state index in [0.29, 0.717) is 36.9 Å². The van der Waals surface area contributed by atoms with Gasteiger partial charge >= 0.3 is 0 Å². The predicted molar refractivity (Wildman–Crippen MR) is 123 cm³/mol. The van der Waals surface area contributed by atoms with Crippen molar-refractivity contribution < 1.29 is 9.18 Å². The van der Waals surface area contributed by atoms with E-state index in [1.807, 2.05) is 23.1 Å². The van der Waals surface area contributed by atoms with Gasteiger partial charge in [0.25, 0.3) is 0 Å². The third kappa shape index (κ3) is 5.46. The van der Waals surface area contributed by atoms with Crippen LogP contribution >= 0.6 is 0 Å². The molecule has 0 atom stereocenters. The van der Waals surface area contributed by atoms with E-state index in [2.05, 4.69) is 24.1 Å². The van der Waals surface area contributed by atoms with Crippen molar-refractivity contribution in [2.24, 2.45) is 5.92 Å². The minimum absolute atomic E-state index is 0.155. The van der Waals surface area contributed by atoms with Crippen LogP contribution in [0.1, 0.15) is 44.9 Å². The second-order valence-electron chi connectivity index (χ2n) is 8.63. The van der Waals surface area contributed by atoms with Crippen molar-refractivity contribution >= 4 is 17.4 Å². The fourth-order valence-electron chi connectivity index (χ4n) is 3.95. The maximum absolute atomic E-state index is 13.7. The smallest absolute Gasteiger partial charge is 0.222 e. The van der Waals surface area contributed by atoms with Crippen LogP contribution < -0.4 is 5.32 Å². The van der Waals surface area contributed by atoms with Crippen molar-refractivity contribution in [1.29, 1.82) is 0 Å². The Morgan fingerprint density at radius 1 is 1.16 bits per heavy atom. The van der Waals surface area contributed by atoms with E-state index < -0.39 is 0 Å². The molecule has 6 nitrogen and oxygen atoms in total. The zero-order chi connectivity index (χ0) is 22.5. The molecule has 0 radical (unpaired) electrons. The monoisotopic (exact) mass is 433 g/mol. The molecule has 1 saturated heterocycles. The molecule has 1 N–H and O–H groups in total. The highest BCUT2D eigenvalue weighted by Gasteiger charge is 2.26. The van der Waals surface area contributed by atoms with E-state index in [1.165, 1.54) is 12.1 Å².